The number of carbonyl (C=O) groups is 2. The van der Waals surface area contributed by atoms with Gasteiger partial charge in [0.25, 0.3) is 0 Å². The lowest BCUT2D eigenvalue weighted by atomic mass is 9.68. The Morgan fingerprint density at radius 2 is 1.66 bits per heavy atom. The number of alkyl halides is 2. The minimum absolute atomic E-state index is 0.0184. The van der Waals surface area contributed by atoms with Crippen LogP contribution in [0.15, 0.2) is 24.3 Å². The van der Waals surface area contributed by atoms with E-state index in [1.165, 1.54) is 14.0 Å². The van der Waals surface area contributed by atoms with E-state index in [9.17, 15) is 43.9 Å². The van der Waals surface area contributed by atoms with Gasteiger partial charge in [-0.15, -0.1) is 0 Å². The van der Waals surface area contributed by atoms with Gasteiger partial charge in [0, 0.05) is 69.8 Å². The molecule has 408 valence electrons. The number of nitrogens with one attached hydrogen (secondary N) is 1. The number of halogens is 2. The molecule has 0 spiro atoms. The Kier molecular flexibility index (Phi) is 20.7. The van der Waals surface area contributed by atoms with Gasteiger partial charge in [0.05, 0.1) is 47.6 Å². The number of benzene rings is 1. The van der Waals surface area contributed by atoms with E-state index in [0.29, 0.717) is 32.5 Å². The molecule has 6 N–H and O–H groups in total. The molecule has 1 amide bonds. The maximum absolute atomic E-state index is 14.6. The van der Waals surface area contributed by atoms with Gasteiger partial charge >= 0.3 is 5.97 Å². The molecule has 71 heavy (non-hydrogen) atoms. The molecule has 4 fully saturated rings. The molecule has 0 saturated carbocycles. The second-order valence-corrected chi connectivity index (χ2v) is 22.6. The van der Waals surface area contributed by atoms with Crippen LogP contribution in [0, 0.1) is 23.7 Å². The minimum atomic E-state index is -1.84. The van der Waals surface area contributed by atoms with E-state index in [-0.39, 0.29) is 50.5 Å². The Morgan fingerprint density at radius 3 is 2.25 bits per heavy atom. The lowest BCUT2D eigenvalue weighted by Crippen LogP contribution is -2.62. The van der Waals surface area contributed by atoms with Crippen molar-refractivity contribution in [1.82, 2.24) is 15.1 Å². The average Bonchev–Trinajstić information content (AvgIpc) is 3.76. The predicted molar refractivity (Wildman–Crippen MR) is 266 cm³/mol. The van der Waals surface area contributed by atoms with Crippen molar-refractivity contribution >= 4 is 17.6 Å². The molecule has 0 bridgehead atoms. The van der Waals surface area contributed by atoms with E-state index in [4.69, 9.17) is 23.7 Å². The number of esters is 1. The number of hydrogen-bond donors (Lipinski definition) is 6. The van der Waals surface area contributed by atoms with Gasteiger partial charge in [-0.1, -0.05) is 39.8 Å². The Balaban J connectivity index is 1.40. The Morgan fingerprint density at radius 1 is 1.00 bits per heavy atom. The Labute approximate surface area is 422 Å². The quantitative estimate of drug-likeness (QED) is 0.145. The third kappa shape index (κ3) is 14.2. The van der Waals surface area contributed by atoms with Gasteiger partial charge in [0.1, 0.15) is 42.9 Å². The summed E-state index contributed by atoms with van der Waals surface area (Å²) in [6, 6.07) is 5.65. The third-order valence-electron chi connectivity index (χ3n) is 16.6. The SMILES string of the molecule is CC[C@H]1OC(=O)[C@H](C)C([C@H]2C[C@@](C)(OC)[C@@H](O)[C@H](C)O2)[C@H](C)[C@@H](O[C@@H]2O[C@H](C)C[C@H](N(C)CCC(=O)N[C@H](CF)Cc3ccc(N4CC[C@@H](F)C4)cc3)[C@H]2O)[C@](C)(O)C[C@@H](C)CN(C)[C@H](C)[C@@H](O)[C@]1(C)O. The Hall–Kier alpha value is -2.62. The monoisotopic (exact) mass is 1010 g/mol. The van der Waals surface area contributed by atoms with Gasteiger partial charge in [-0.3, -0.25) is 9.59 Å². The summed E-state index contributed by atoms with van der Waals surface area (Å²) in [6.45, 7) is 18.5. The van der Waals surface area contributed by atoms with Gasteiger partial charge in [0.15, 0.2) is 6.29 Å². The molecule has 18 heteroatoms. The summed E-state index contributed by atoms with van der Waals surface area (Å²) in [5.74, 6) is -3.70. The zero-order valence-electron chi connectivity index (χ0n) is 44.8. The molecule has 0 aliphatic carbocycles. The highest BCUT2D eigenvalue weighted by molar-refractivity contribution is 5.76. The molecule has 1 unspecified atom stereocenters. The van der Waals surface area contributed by atoms with Gasteiger partial charge in [-0.2, -0.15) is 0 Å². The lowest BCUT2D eigenvalue weighted by Gasteiger charge is -2.51. The first-order valence-electron chi connectivity index (χ1n) is 26.1. The highest BCUT2D eigenvalue weighted by atomic mass is 19.1. The standard InChI is InChI=1S/C53H90F2N4O12/c1-14-42-53(10,66)46(62)34(6)58(12)28-30(2)25-51(8,65)48(32(4)44(33(5)49(64)70-42)41-26-52(9,67-13)47(63)35(7)69-41)71-50-45(61)40(23-31(3)68-50)57(11)21-20-43(60)56-38(27-54)24-36-15-17-39(18-16-36)59-22-19-37(55)29-59/h15-18,30-35,37-38,40-42,44-48,50,61-63,65-66H,14,19-29H2,1-13H3,(H,56,60)/t30-,31-,32+,33-,34-,35+,37-,38+,40+,41-,42-,44?,45-,46-,47+,48-,50+,51-,52-,53-/m1/s1. The predicted octanol–water partition coefficient (Wildman–Crippen LogP) is 4.18. The van der Waals surface area contributed by atoms with Crippen LogP contribution in [0.3, 0.4) is 0 Å². The summed E-state index contributed by atoms with van der Waals surface area (Å²) in [5.41, 5.74) is -2.82. The highest BCUT2D eigenvalue weighted by Gasteiger charge is 2.55. The summed E-state index contributed by atoms with van der Waals surface area (Å²) in [5, 5.41) is 62.8. The number of cyclic esters (lactones) is 1. The normalized spacial score (nSPS) is 42.0. The summed E-state index contributed by atoms with van der Waals surface area (Å²) in [7, 11) is 5.13. The minimum Gasteiger partial charge on any atom is -0.459 e. The van der Waals surface area contributed by atoms with Crippen LogP contribution in [0.2, 0.25) is 0 Å². The number of amides is 1. The van der Waals surface area contributed by atoms with Gasteiger partial charge < -0.3 is 69.2 Å². The maximum atomic E-state index is 14.6. The summed E-state index contributed by atoms with van der Waals surface area (Å²) in [4.78, 5) is 33.7. The van der Waals surface area contributed by atoms with E-state index in [1.807, 2.05) is 66.8 Å². The molecule has 1 aromatic carbocycles. The first kappa shape index (κ1) is 59.3. The van der Waals surface area contributed by atoms with Crippen molar-refractivity contribution in [2.75, 3.05) is 59.0 Å². The van der Waals surface area contributed by atoms with Crippen LogP contribution in [0.5, 0.6) is 0 Å². The summed E-state index contributed by atoms with van der Waals surface area (Å²) in [6.07, 6.45) is -8.14. The number of anilines is 1. The number of hydrogen-bond acceptors (Lipinski definition) is 15. The van der Waals surface area contributed by atoms with Crippen molar-refractivity contribution in [2.45, 2.75) is 210 Å². The number of aliphatic hydroxyl groups is 5. The topological polar surface area (TPSA) is 203 Å². The first-order valence-corrected chi connectivity index (χ1v) is 26.1. The van der Waals surface area contributed by atoms with Crippen molar-refractivity contribution in [3.8, 4) is 0 Å². The van der Waals surface area contributed by atoms with Crippen LogP contribution in [-0.4, -0.2) is 197 Å². The molecule has 4 aliphatic rings. The second-order valence-electron chi connectivity index (χ2n) is 22.6. The van der Waals surface area contributed by atoms with Crippen molar-refractivity contribution in [1.29, 1.82) is 0 Å². The van der Waals surface area contributed by atoms with Crippen molar-refractivity contribution < 1.29 is 67.6 Å². The summed E-state index contributed by atoms with van der Waals surface area (Å²) < 4.78 is 60.1. The van der Waals surface area contributed by atoms with Gasteiger partial charge in [0.2, 0.25) is 5.91 Å². The molecule has 0 radical (unpaired) electrons. The molecule has 5 rings (SSSR count). The van der Waals surface area contributed by atoms with Crippen molar-refractivity contribution in [3.05, 3.63) is 29.8 Å². The first-order chi connectivity index (χ1) is 33.2. The van der Waals surface area contributed by atoms with Gasteiger partial charge in [-0.25, -0.2) is 8.78 Å². The average molecular weight is 1010 g/mol. The van der Waals surface area contributed by atoms with E-state index in [1.54, 1.807) is 48.6 Å². The van der Waals surface area contributed by atoms with Crippen LogP contribution in [0.25, 0.3) is 0 Å². The van der Waals surface area contributed by atoms with Crippen LogP contribution >= 0.6 is 0 Å². The molecule has 0 aromatic heterocycles. The molecular formula is C53H90F2N4O12. The Bertz CT molecular complexity index is 1850. The molecule has 4 heterocycles. The summed E-state index contributed by atoms with van der Waals surface area (Å²) >= 11 is 0. The fourth-order valence-electron chi connectivity index (χ4n) is 12.2. The molecule has 4 saturated heterocycles. The number of carbonyl (C=O) groups excluding carboxylic acids is 2. The van der Waals surface area contributed by atoms with Crippen LogP contribution in [-0.2, 0) is 39.7 Å². The zero-order valence-corrected chi connectivity index (χ0v) is 44.8. The van der Waals surface area contributed by atoms with Crippen LogP contribution in [0.4, 0.5) is 14.5 Å². The largest absolute Gasteiger partial charge is 0.459 e. The number of likely N-dealkylation sites (N-methyl/N-ethyl adjacent to an activating group) is 2. The second kappa shape index (κ2) is 24.8. The van der Waals surface area contributed by atoms with Crippen molar-refractivity contribution in [3.63, 3.8) is 0 Å². The molecular weight excluding hydrogens is 923 g/mol. The molecule has 16 nitrogen and oxygen atoms in total. The van der Waals surface area contributed by atoms with E-state index >= 15 is 0 Å². The maximum Gasteiger partial charge on any atom is 0.309 e. The number of ether oxygens (including phenoxy) is 5. The van der Waals surface area contributed by atoms with Crippen LogP contribution in [0.1, 0.15) is 113 Å². The number of methoxy groups -OCH3 is 1. The smallest absolute Gasteiger partial charge is 0.309 e. The van der Waals surface area contributed by atoms with Crippen LogP contribution < -0.4 is 10.2 Å². The number of aliphatic hydroxyl groups excluding tert-OH is 3. The van der Waals surface area contributed by atoms with E-state index in [0.717, 1.165) is 11.3 Å². The fraction of sp³-hybridized carbons (Fsp3) is 0.849. The number of nitrogens with zero attached hydrogens (tertiary/aromatic N) is 3. The highest BCUT2D eigenvalue weighted by Crippen LogP contribution is 2.45. The van der Waals surface area contributed by atoms with Gasteiger partial charge in [-0.05, 0) is 117 Å². The molecule has 20 atom stereocenters. The molecule has 1 aromatic rings. The number of rotatable bonds is 14. The zero-order chi connectivity index (χ0) is 52.9. The lowest BCUT2D eigenvalue weighted by molar-refractivity contribution is -0.302. The molecule has 4 aliphatic heterocycles. The van der Waals surface area contributed by atoms with E-state index in [2.05, 4.69) is 5.32 Å². The van der Waals surface area contributed by atoms with E-state index < -0.39 is 127 Å². The third-order valence-corrected chi connectivity index (χ3v) is 16.6. The fourth-order valence-corrected chi connectivity index (χ4v) is 12.2. The van der Waals surface area contributed by atoms with Crippen molar-refractivity contribution in [2.24, 2.45) is 23.7 Å².